The number of nitrogens with one attached hydrogen (secondary N) is 1. The SMILES string of the molecule is O=C(N/N=C\c1cc(Br)cc([N+](=O)[O-])c1[O-])c1cccnc1. The number of hydrogen-bond donors (Lipinski definition) is 1. The molecule has 2 rings (SSSR count). The van der Waals surface area contributed by atoms with Gasteiger partial charge < -0.3 is 5.11 Å². The lowest BCUT2D eigenvalue weighted by Gasteiger charge is -2.10. The highest BCUT2D eigenvalue weighted by Crippen LogP contribution is 2.30. The summed E-state index contributed by atoms with van der Waals surface area (Å²) >= 11 is 3.07. The lowest BCUT2D eigenvalue weighted by atomic mass is 10.2. The Labute approximate surface area is 132 Å². The van der Waals surface area contributed by atoms with Crippen LogP contribution in [0.15, 0.2) is 46.2 Å². The first-order valence-electron chi connectivity index (χ1n) is 5.87. The van der Waals surface area contributed by atoms with Crippen molar-refractivity contribution in [3.63, 3.8) is 0 Å². The minimum Gasteiger partial charge on any atom is -0.867 e. The Bertz CT molecular complexity index is 749. The molecule has 0 aliphatic carbocycles. The number of nitro benzene ring substituents is 1. The van der Waals surface area contributed by atoms with Gasteiger partial charge in [0.25, 0.3) is 11.6 Å². The lowest BCUT2D eigenvalue weighted by molar-refractivity contribution is -0.398. The van der Waals surface area contributed by atoms with Crippen LogP contribution in [0.4, 0.5) is 5.69 Å². The summed E-state index contributed by atoms with van der Waals surface area (Å²) in [5.74, 6) is -1.30. The van der Waals surface area contributed by atoms with Crippen LogP contribution in [0.5, 0.6) is 5.75 Å². The van der Waals surface area contributed by atoms with Gasteiger partial charge in [0.15, 0.2) is 0 Å². The zero-order chi connectivity index (χ0) is 16.1. The Morgan fingerprint density at radius 3 is 2.86 bits per heavy atom. The summed E-state index contributed by atoms with van der Waals surface area (Å²) in [5, 5.41) is 26.2. The highest BCUT2D eigenvalue weighted by molar-refractivity contribution is 9.10. The first-order valence-corrected chi connectivity index (χ1v) is 6.66. The van der Waals surface area contributed by atoms with Gasteiger partial charge in [0.05, 0.1) is 16.7 Å². The molecule has 1 heterocycles. The van der Waals surface area contributed by atoms with Crippen molar-refractivity contribution in [2.75, 3.05) is 0 Å². The molecule has 112 valence electrons. The van der Waals surface area contributed by atoms with Crippen LogP contribution in [0.2, 0.25) is 0 Å². The summed E-state index contributed by atoms with van der Waals surface area (Å²) in [7, 11) is 0. The van der Waals surface area contributed by atoms with Crippen LogP contribution < -0.4 is 10.5 Å². The van der Waals surface area contributed by atoms with Gasteiger partial charge >= 0.3 is 0 Å². The van der Waals surface area contributed by atoms with E-state index in [4.69, 9.17) is 0 Å². The topological polar surface area (TPSA) is 121 Å². The number of rotatable bonds is 4. The first kappa shape index (κ1) is 15.6. The number of nitrogens with zero attached hydrogens (tertiary/aromatic N) is 3. The third kappa shape index (κ3) is 3.64. The van der Waals surface area contributed by atoms with E-state index in [2.05, 4.69) is 31.4 Å². The number of pyridine rings is 1. The van der Waals surface area contributed by atoms with E-state index in [1.807, 2.05) is 0 Å². The molecule has 1 N–H and O–H groups in total. The second-order valence-electron chi connectivity index (χ2n) is 4.04. The Hall–Kier alpha value is -2.81. The van der Waals surface area contributed by atoms with Crippen LogP contribution in [0.25, 0.3) is 0 Å². The van der Waals surface area contributed by atoms with Gasteiger partial charge in [-0.05, 0) is 29.5 Å². The predicted molar refractivity (Wildman–Crippen MR) is 79.5 cm³/mol. The Morgan fingerprint density at radius 2 is 2.23 bits per heavy atom. The van der Waals surface area contributed by atoms with Crippen LogP contribution in [-0.4, -0.2) is 22.0 Å². The molecule has 1 aromatic heterocycles. The van der Waals surface area contributed by atoms with Crippen molar-refractivity contribution in [3.8, 4) is 5.75 Å². The molecule has 0 saturated carbocycles. The van der Waals surface area contributed by atoms with E-state index >= 15 is 0 Å². The summed E-state index contributed by atoms with van der Waals surface area (Å²) in [5.41, 5.74) is 1.91. The normalized spacial score (nSPS) is 10.6. The highest BCUT2D eigenvalue weighted by atomic mass is 79.9. The molecule has 1 amide bonds. The van der Waals surface area contributed by atoms with Gasteiger partial charge in [0.2, 0.25) is 0 Å². The second kappa shape index (κ2) is 6.76. The molecular weight excluding hydrogens is 356 g/mol. The fraction of sp³-hybridized carbons (Fsp3) is 0. The monoisotopic (exact) mass is 363 g/mol. The van der Waals surface area contributed by atoms with E-state index in [-0.39, 0.29) is 5.56 Å². The van der Waals surface area contributed by atoms with E-state index in [9.17, 15) is 20.0 Å². The van der Waals surface area contributed by atoms with Crippen molar-refractivity contribution in [1.29, 1.82) is 0 Å². The maximum atomic E-state index is 11.8. The number of halogens is 1. The molecule has 0 spiro atoms. The maximum absolute atomic E-state index is 11.8. The molecule has 9 heteroatoms. The zero-order valence-corrected chi connectivity index (χ0v) is 12.5. The average molecular weight is 364 g/mol. The summed E-state index contributed by atoms with van der Waals surface area (Å²) < 4.78 is 0.360. The van der Waals surface area contributed by atoms with Gasteiger partial charge in [0.1, 0.15) is 0 Å². The lowest BCUT2D eigenvalue weighted by Crippen LogP contribution is -2.17. The molecule has 0 bridgehead atoms. The standard InChI is InChI=1S/C13H9BrN4O4/c14-10-4-9(12(19)11(5-10)18(21)22)7-16-17-13(20)8-2-1-3-15-6-8/h1-7,19H,(H,17,20)/p-1/b16-7-. The van der Waals surface area contributed by atoms with Crippen LogP contribution in [0.3, 0.4) is 0 Å². The maximum Gasteiger partial charge on any atom is 0.272 e. The number of nitro groups is 1. The third-order valence-electron chi connectivity index (χ3n) is 2.55. The van der Waals surface area contributed by atoms with Gasteiger partial charge in [-0.3, -0.25) is 19.9 Å². The van der Waals surface area contributed by atoms with Crippen LogP contribution in [0, 0.1) is 10.1 Å². The molecule has 0 aliphatic heterocycles. The third-order valence-corrected chi connectivity index (χ3v) is 3.01. The Kier molecular flexibility index (Phi) is 4.79. The quantitative estimate of drug-likeness (QED) is 0.502. The molecule has 2 aromatic rings. The fourth-order valence-electron chi connectivity index (χ4n) is 1.55. The molecule has 22 heavy (non-hydrogen) atoms. The largest absolute Gasteiger partial charge is 0.867 e. The van der Waals surface area contributed by atoms with Crippen molar-refractivity contribution in [3.05, 3.63) is 62.4 Å². The predicted octanol–water partition coefficient (Wildman–Crippen LogP) is 1.59. The molecule has 0 radical (unpaired) electrons. The van der Waals surface area contributed by atoms with Gasteiger partial charge in [0, 0.05) is 22.9 Å². The van der Waals surface area contributed by atoms with Gasteiger partial charge in [-0.2, -0.15) is 5.10 Å². The number of benzene rings is 1. The number of carbonyl (C=O) groups excluding carboxylic acids is 1. The number of aromatic nitrogens is 1. The summed E-state index contributed by atoms with van der Waals surface area (Å²) in [6.07, 6.45) is 3.92. The summed E-state index contributed by atoms with van der Waals surface area (Å²) in [4.78, 5) is 25.5. The second-order valence-corrected chi connectivity index (χ2v) is 4.96. The molecule has 0 aliphatic rings. The number of amides is 1. The first-order chi connectivity index (χ1) is 10.5. The van der Waals surface area contributed by atoms with Crippen molar-refractivity contribution in [1.82, 2.24) is 10.4 Å². The van der Waals surface area contributed by atoms with Crippen LogP contribution >= 0.6 is 15.9 Å². The fourth-order valence-corrected chi connectivity index (χ4v) is 2.02. The Morgan fingerprint density at radius 1 is 1.45 bits per heavy atom. The molecule has 1 aromatic carbocycles. The van der Waals surface area contributed by atoms with Crippen molar-refractivity contribution in [2.45, 2.75) is 0 Å². The van der Waals surface area contributed by atoms with Gasteiger partial charge in [-0.25, -0.2) is 5.43 Å². The van der Waals surface area contributed by atoms with E-state index in [0.717, 1.165) is 12.3 Å². The smallest absolute Gasteiger partial charge is 0.272 e. The zero-order valence-electron chi connectivity index (χ0n) is 10.9. The van der Waals surface area contributed by atoms with Crippen molar-refractivity contribution < 1.29 is 14.8 Å². The summed E-state index contributed by atoms with van der Waals surface area (Å²) in [6.45, 7) is 0. The Balaban J connectivity index is 2.17. The highest BCUT2D eigenvalue weighted by Gasteiger charge is 2.11. The molecule has 0 fully saturated rings. The van der Waals surface area contributed by atoms with Crippen LogP contribution in [0.1, 0.15) is 15.9 Å². The summed E-state index contributed by atoms with van der Waals surface area (Å²) in [6, 6.07) is 5.61. The van der Waals surface area contributed by atoms with E-state index in [1.54, 1.807) is 12.1 Å². The van der Waals surface area contributed by atoms with E-state index in [1.165, 1.54) is 18.5 Å². The van der Waals surface area contributed by atoms with E-state index in [0.29, 0.717) is 10.0 Å². The molecule has 0 unspecified atom stereocenters. The molecule has 0 saturated heterocycles. The number of hydrazone groups is 1. The average Bonchev–Trinajstić information content (AvgIpc) is 2.50. The van der Waals surface area contributed by atoms with Gasteiger partial charge in [-0.1, -0.05) is 15.9 Å². The number of carbonyl (C=O) groups is 1. The van der Waals surface area contributed by atoms with E-state index < -0.39 is 22.3 Å². The minimum atomic E-state index is -0.785. The minimum absolute atomic E-state index is 0.0208. The van der Waals surface area contributed by atoms with Gasteiger partial charge in [-0.15, -0.1) is 0 Å². The van der Waals surface area contributed by atoms with Crippen molar-refractivity contribution >= 4 is 33.7 Å². The molecule has 0 atom stereocenters. The number of hydrogen-bond acceptors (Lipinski definition) is 6. The van der Waals surface area contributed by atoms with Crippen LogP contribution in [-0.2, 0) is 0 Å². The molecule has 8 nitrogen and oxygen atoms in total. The molecular formula is C13H8BrN4O4-. The van der Waals surface area contributed by atoms with Crippen molar-refractivity contribution in [2.24, 2.45) is 5.10 Å².